The van der Waals surface area contributed by atoms with Gasteiger partial charge >= 0.3 is 0 Å². The van der Waals surface area contributed by atoms with Crippen LogP contribution in [0.5, 0.6) is 0 Å². The quantitative estimate of drug-likeness (QED) is 0.579. The lowest BCUT2D eigenvalue weighted by molar-refractivity contribution is 0.102. The maximum Gasteiger partial charge on any atom is 0.255 e. The van der Waals surface area contributed by atoms with E-state index in [0.717, 1.165) is 16.5 Å². The smallest absolute Gasteiger partial charge is 0.255 e. The molecule has 1 heterocycles. The highest BCUT2D eigenvalue weighted by atomic mass is 16.1. The first-order valence-electron chi connectivity index (χ1n) is 8.30. The first kappa shape index (κ1) is 15.8. The van der Waals surface area contributed by atoms with Gasteiger partial charge in [0.25, 0.3) is 11.5 Å². The van der Waals surface area contributed by atoms with Crippen LogP contribution in [0.3, 0.4) is 0 Å². The van der Waals surface area contributed by atoms with E-state index in [0.29, 0.717) is 16.6 Å². The molecule has 0 fully saturated rings. The number of aromatic amines is 1. The predicted octanol–water partition coefficient (Wildman–Crippen LogP) is 4.45. The van der Waals surface area contributed by atoms with Gasteiger partial charge in [0.1, 0.15) is 0 Å². The van der Waals surface area contributed by atoms with E-state index in [4.69, 9.17) is 0 Å². The summed E-state index contributed by atoms with van der Waals surface area (Å²) in [5, 5.41) is 4.21. The van der Waals surface area contributed by atoms with Crippen LogP contribution in [-0.2, 0) is 0 Å². The molecule has 4 heteroatoms. The Morgan fingerprint density at radius 2 is 1.50 bits per heavy atom. The average molecular weight is 340 g/mol. The van der Waals surface area contributed by atoms with Crippen LogP contribution in [0, 0.1) is 0 Å². The summed E-state index contributed by atoms with van der Waals surface area (Å²) < 4.78 is 0. The van der Waals surface area contributed by atoms with E-state index in [1.165, 1.54) is 0 Å². The van der Waals surface area contributed by atoms with Crippen molar-refractivity contribution in [3.63, 3.8) is 0 Å². The Hall–Kier alpha value is -3.66. The molecule has 0 aliphatic carbocycles. The lowest BCUT2D eigenvalue weighted by Gasteiger charge is -2.13. The highest BCUT2D eigenvalue weighted by Crippen LogP contribution is 2.32. The number of benzene rings is 3. The molecule has 3 aromatic carbocycles. The maximum atomic E-state index is 12.6. The third-order valence-corrected chi connectivity index (χ3v) is 4.29. The number of aromatic nitrogens is 1. The number of H-pyrrole nitrogens is 1. The van der Waals surface area contributed by atoms with E-state index in [1.54, 1.807) is 30.5 Å². The summed E-state index contributed by atoms with van der Waals surface area (Å²) in [6.45, 7) is 0. The van der Waals surface area contributed by atoms with Crippen molar-refractivity contribution in [2.45, 2.75) is 0 Å². The molecule has 0 aliphatic heterocycles. The molecular weight excluding hydrogens is 324 g/mol. The van der Waals surface area contributed by atoms with Crippen LogP contribution in [0.2, 0.25) is 0 Å². The third kappa shape index (κ3) is 2.89. The molecule has 0 radical (unpaired) electrons. The van der Waals surface area contributed by atoms with Gasteiger partial charge in [-0.15, -0.1) is 0 Å². The minimum absolute atomic E-state index is 0.185. The number of rotatable bonds is 3. The van der Waals surface area contributed by atoms with Crippen LogP contribution in [0.15, 0.2) is 89.9 Å². The van der Waals surface area contributed by atoms with Gasteiger partial charge in [0.15, 0.2) is 0 Å². The molecule has 26 heavy (non-hydrogen) atoms. The topological polar surface area (TPSA) is 62.0 Å². The van der Waals surface area contributed by atoms with E-state index >= 15 is 0 Å². The summed E-state index contributed by atoms with van der Waals surface area (Å²) in [6.07, 6.45) is 1.69. The van der Waals surface area contributed by atoms with Crippen LogP contribution in [0.25, 0.3) is 21.9 Å². The molecule has 1 aromatic heterocycles. The number of pyridine rings is 1. The molecule has 0 saturated carbocycles. The Morgan fingerprint density at radius 1 is 0.808 bits per heavy atom. The van der Waals surface area contributed by atoms with Gasteiger partial charge < -0.3 is 10.3 Å². The van der Waals surface area contributed by atoms with E-state index in [1.807, 2.05) is 54.6 Å². The second kappa shape index (κ2) is 6.69. The summed E-state index contributed by atoms with van der Waals surface area (Å²) in [7, 11) is 0. The number of nitrogens with one attached hydrogen (secondary N) is 2. The zero-order valence-electron chi connectivity index (χ0n) is 13.9. The van der Waals surface area contributed by atoms with Crippen molar-refractivity contribution < 1.29 is 4.79 Å². The highest BCUT2D eigenvalue weighted by Gasteiger charge is 2.13. The van der Waals surface area contributed by atoms with E-state index in [-0.39, 0.29) is 11.5 Å². The standard InChI is InChI=1S/C22H16N2O2/c25-21(16-10-5-2-6-11-16)24-19-13-7-12-17-20(19)18(14-23-22(17)26)15-8-3-1-4-9-15/h1-14H,(H,23,26)(H,24,25). The molecule has 0 spiro atoms. The molecule has 4 aromatic rings. The fraction of sp³-hybridized carbons (Fsp3) is 0. The van der Waals surface area contributed by atoms with Crippen molar-refractivity contribution in [3.8, 4) is 11.1 Å². The Kier molecular flexibility index (Phi) is 4.07. The van der Waals surface area contributed by atoms with Gasteiger partial charge in [-0.1, -0.05) is 54.6 Å². The van der Waals surface area contributed by atoms with Gasteiger partial charge in [-0.2, -0.15) is 0 Å². The van der Waals surface area contributed by atoms with Crippen LogP contribution in [0.4, 0.5) is 5.69 Å². The van der Waals surface area contributed by atoms with Gasteiger partial charge in [0.05, 0.1) is 0 Å². The minimum atomic E-state index is -0.211. The number of carbonyl (C=O) groups is 1. The van der Waals surface area contributed by atoms with Crippen molar-refractivity contribution in [2.24, 2.45) is 0 Å². The summed E-state index contributed by atoms with van der Waals surface area (Å²) in [6, 6.07) is 24.1. The summed E-state index contributed by atoms with van der Waals surface area (Å²) in [5.41, 5.74) is 2.83. The van der Waals surface area contributed by atoms with Crippen molar-refractivity contribution >= 4 is 22.4 Å². The van der Waals surface area contributed by atoms with Crippen molar-refractivity contribution in [1.29, 1.82) is 0 Å². The monoisotopic (exact) mass is 340 g/mol. The summed E-state index contributed by atoms with van der Waals surface area (Å²) in [4.78, 5) is 27.7. The largest absolute Gasteiger partial charge is 0.328 e. The maximum absolute atomic E-state index is 12.6. The first-order chi connectivity index (χ1) is 12.7. The van der Waals surface area contributed by atoms with Gasteiger partial charge in [-0.05, 0) is 29.8 Å². The van der Waals surface area contributed by atoms with Crippen molar-refractivity contribution in [2.75, 3.05) is 5.32 Å². The molecule has 2 N–H and O–H groups in total. The average Bonchev–Trinajstić information content (AvgIpc) is 2.70. The van der Waals surface area contributed by atoms with Gasteiger partial charge in [0.2, 0.25) is 0 Å². The lowest BCUT2D eigenvalue weighted by Crippen LogP contribution is -2.14. The molecule has 0 saturated heterocycles. The van der Waals surface area contributed by atoms with Crippen molar-refractivity contribution in [3.05, 3.63) is 101 Å². The SMILES string of the molecule is O=C(Nc1cccc2c(=O)[nH]cc(-c3ccccc3)c12)c1ccccc1. The second-order valence-electron chi connectivity index (χ2n) is 5.95. The highest BCUT2D eigenvalue weighted by molar-refractivity contribution is 6.12. The van der Waals surface area contributed by atoms with Crippen LogP contribution >= 0.6 is 0 Å². The van der Waals surface area contributed by atoms with E-state index in [9.17, 15) is 9.59 Å². The molecule has 126 valence electrons. The summed E-state index contributed by atoms with van der Waals surface area (Å²) >= 11 is 0. The Morgan fingerprint density at radius 3 is 2.23 bits per heavy atom. The molecule has 4 nitrogen and oxygen atoms in total. The zero-order chi connectivity index (χ0) is 17.9. The number of amides is 1. The van der Waals surface area contributed by atoms with Crippen LogP contribution in [0.1, 0.15) is 10.4 Å². The van der Waals surface area contributed by atoms with Crippen LogP contribution < -0.4 is 10.9 Å². The molecule has 0 aliphatic rings. The Bertz CT molecular complexity index is 1130. The molecular formula is C22H16N2O2. The fourth-order valence-electron chi connectivity index (χ4n) is 3.05. The Balaban J connectivity index is 1.89. The van der Waals surface area contributed by atoms with E-state index in [2.05, 4.69) is 10.3 Å². The molecule has 0 atom stereocenters. The molecule has 0 unspecified atom stereocenters. The minimum Gasteiger partial charge on any atom is -0.328 e. The number of carbonyl (C=O) groups excluding carboxylic acids is 1. The number of anilines is 1. The number of hydrogen-bond acceptors (Lipinski definition) is 2. The van der Waals surface area contributed by atoms with Crippen LogP contribution in [-0.4, -0.2) is 10.9 Å². The first-order valence-corrected chi connectivity index (χ1v) is 8.30. The van der Waals surface area contributed by atoms with E-state index < -0.39 is 0 Å². The number of fused-ring (bicyclic) bond motifs is 1. The molecule has 4 rings (SSSR count). The van der Waals surface area contributed by atoms with Crippen molar-refractivity contribution in [1.82, 2.24) is 4.98 Å². The number of hydrogen-bond donors (Lipinski definition) is 2. The molecule has 0 bridgehead atoms. The predicted molar refractivity (Wildman–Crippen MR) is 104 cm³/mol. The normalized spacial score (nSPS) is 10.6. The van der Waals surface area contributed by atoms with Gasteiger partial charge in [-0.3, -0.25) is 9.59 Å². The second-order valence-corrected chi connectivity index (χ2v) is 5.95. The summed E-state index contributed by atoms with van der Waals surface area (Å²) in [5.74, 6) is -0.211. The van der Waals surface area contributed by atoms with Gasteiger partial charge in [0, 0.05) is 33.8 Å². The Labute approximate surface area is 150 Å². The zero-order valence-corrected chi connectivity index (χ0v) is 13.9. The van der Waals surface area contributed by atoms with Gasteiger partial charge in [-0.25, -0.2) is 0 Å². The third-order valence-electron chi connectivity index (χ3n) is 4.29. The fourth-order valence-corrected chi connectivity index (χ4v) is 3.05. The lowest BCUT2D eigenvalue weighted by atomic mass is 9.99. The molecule has 1 amide bonds.